The van der Waals surface area contributed by atoms with E-state index >= 15 is 0 Å². The van der Waals surface area contributed by atoms with Crippen LogP contribution in [0.2, 0.25) is 0 Å². The Bertz CT molecular complexity index is 2330. The highest BCUT2D eigenvalue weighted by molar-refractivity contribution is 6.23. The van der Waals surface area contributed by atoms with Crippen molar-refractivity contribution in [1.82, 2.24) is 34.9 Å². The largest absolute Gasteiger partial charge is 0.457 e. The molecule has 5 aromatic rings. The van der Waals surface area contributed by atoms with Gasteiger partial charge in [-0.3, -0.25) is 34.2 Å². The Morgan fingerprint density at radius 1 is 0.893 bits per heavy atom. The van der Waals surface area contributed by atoms with Gasteiger partial charge in [-0.2, -0.15) is 5.10 Å². The molecule has 3 aliphatic heterocycles. The van der Waals surface area contributed by atoms with Crippen LogP contribution in [0.15, 0.2) is 79.1 Å². The normalized spacial score (nSPS) is 18.3. The van der Waals surface area contributed by atoms with Crippen LogP contribution in [0, 0.1) is 0 Å². The number of amides is 5. The number of hydrogen-bond acceptors (Lipinski definition) is 11. The third kappa shape index (κ3) is 7.27. The molecule has 0 spiro atoms. The molecule has 2 aromatic heterocycles. The van der Waals surface area contributed by atoms with Gasteiger partial charge in [0.1, 0.15) is 35.4 Å². The number of unbranched alkanes of at least 4 members (excludes halogenated alkanes) is 2. The topological polar surface area (TPSA) is 195 Å². The average Bonchev–Trinajstić information content (AvgIpc) is 3.72. The van der Waals surface area contributed by atoms with Crippen LogP contribution in [0.3, 0.4) is 0 Å². The molecule has 5 heterocycles. The van der Waals surface area contributed by atoms with E-state index in [-0.39, 0.29) is 35.9 Å². The highest BCUT2D eigenvalue weighted by atomic mass is 16.5. The summed E-state index contributed by atoms with van der Waals surface area (Å²) in [6.07, 6.45) is 6.07. The van der Waals surface area contributed by atoms with Gasteiger partial charge in [-0.1, -0.05) is 24.6 Å². The molecule has 2 fully saturated rings. The van der Waals surface area contributed by atoms with Crippen LogP contribution in [0.25, 0.3) is 22.3 Å². The summed E-state index contributed by atoms with van der Waals surface area (Å²) >= 11 is 0. The van der Waals surface area contributed by atoms with Gasteiger partial charge < -0.3 is 20.7 Å². The molecule has 4 N–H and O–H groups in total. The summed E-state index contributed by atoms with van der Waals surface area (Å²) in [7, 11) is 0. The number of imide groups is 2. The van der Waals surface area contributed by atoms with Crippen molar-refractivity contribution in [2.24, 2.45) is 0 Å². The number of fused-ring (bicyclic) bond motifs is 2. The molecule has 8 rings (SSSR count). The standard InChI is InChI=1S/C41H41N9O6/c42-37-35-36(25-12-15-29(16-13-25)56-28-9-3-1-4-10-28)47-50(38(35)45-24-44-37)27-8-7-21-48(23-27)34(52)11-5-2-6-20-43-26-14-17-30-31(22-26)41(55)49(40(30)54)32-18-19-33(51)46-39(32)53/h1,3-4,9-10,12-17,22,24,27,32,43H,2,5-8,11,18-21,23H2,(H2,42,44,45)(H,46,51,53)/t27-,32?/m1/s1. The van der Waals surface area contributed by atoms with Gasteiger partial charge in [0.05, 0.1) is 22.6 Å². The van der Waals surface area contributed by atoms with E-state index in [1.165, 1.54) is 6.33 Å². The lowest BCUT2D eigenvalue weighted by atomic mass is 10.0. The molecule has 15 heteroatoms. The highest BCUT2D eigenvalue weighted by Gasteiger charge is 2.44. The number of para-hydroxylation sites is 1. The lowest BCUT2D eigenvalue weighted by Crippen LogP contribution is -2.54. The maximum absolute atomic E-state index is 13.4. The fraction of sp³-hybridized carbons (Fsp3) is 0.317. The lowest BCUT2D eigenvalue weighted by Gasteiger charge is -2.33. The Kier molecular flexibility index (Phi) is 10.1. The summed E-state index contributed by atoms with van der Waals surface area (Å²) in [5.74, 6) is -0.237. The number of carbonyl (C=O) groups excluding carboxylic acids is 5. The first kappa shape index (κ1) is 36.3. The summed E-state index contributed by atoms with van der Waals surface area (Å²) in [6.45, 7) is 1.81. The molecule has 0 radical (unpaired) electrons. The molecule has 3 aliphatic rings. The van der Waals surface area contributed by atoms with E-state index in [1.54, 1.807) is 18.2 Å². The average molecular weight is 756 g/mol. The van der Waals surface area contributed by atoms with E-state index in [2.05, 4.69) is 20.6 Å². The van der Waals surface area contributed by atoms with Gasteiger partial charge in [0.2, 0.25) is 17.7 Å². The molecule has 2 atom stereocenters. The first-order valence-corrected chi connectivity index (χ1v) is 18.9. The first-order valence-electron chi connectivity index (χ1n) is 18.9. The van der Waals surface area contributed by atoms with Gasteiger partial charge in [0.15, 0.2) is 5.65 Å². The van der Waals surface area contributed by atoms with Crippen LogP contribution in [0.5, 0.6) is 11.5 Å². The van der Waals surface area contributed by atoms with Crippen molar-refractivity contribution in [2.75, 3.05) is 30.7 Å². The quantitative estimate of drug-likeness (QED) is 0.113. The second kappa shape index (κ2) is 15.6. The fourth-order valence-corrected chi connectivity index (χ4v) is 7.69. The monoisotopic (exact) mass is 755 g/mol. The Labute approximate surface area is 322 Å². The maximum atomic E-state index is 13.4. The number of hydrogen-bond donors (Lipinski definition) is 3. The van der Waals surface area contributed by atoms with Crippen molar-refractivity contribution in [2.45, 2.75) is 63.5 Å². The molecule has 2 saturated heterocycles. The zero-order valence-electron chi connectivity index (χ0n) is 30.6. The summed E-state index contributed by atoms with van der Waals surface area (Å²) in [6, 6.07) is 21.1. The first-order chi connectivity index (χ1) is 27.2. The van der Waals surface area contributed by atoms with Crippen LogP contribution >= 0.6 is 0 Å². The molecule has 3 aromatic carbocycles. The number of nitrogen functional groups attached to an aromatic ring is 1. The van der Waals surface area contributed by atoms with Crippen molar-refractivity contribution < 1.29 is 28.7 Å². The third-order valence-corrected chi connectivity index (χ3v) is 10.6. The van der Waals surface area contributed by atoms with Crippen LogP contribution < -0.4 is 21.1 Å². The van der Waals surface area contributed by atoms with E-state index in [0.29, 0.717) is 60.0 Å². The number of aromatic nitrogens is 4. The number of carbonyl (C=O) groups is 5. The number of ether oxygens (including phenoxy) is 1. The van der Waals surface area contributed by atoms with Gasteiger partial charge in [0.25, 0.3) is 11.8 Å². The van der Waals surface area contributed by atoms with Crippen molar-refractivity contribution in [3.05, 3.63) is 90.3 Å². The predicted octanol–water partition coefficient (Wildman–Crippen LogP) is 5.11. The summed E-state index contributed by atoms with van der Waals surface area (Å²) < 4.78 is 7.87. The predicted molar refractivity (Wildman–Crippen MR) is 207 cm³/mol. The van der Waals surface area contributed by atoms with Gasteiger partial charge in [-0.05, 0) is 86.7 Å². The molecule has 5 amide bonds. The number of nitrogens with zero attached hydrogens (tertiary/aromatic N) is 6. The van der Waals surface area contributed by atoms with Crippen LogP contribution in [-0.4, -0.2) is 84.8 Å². The van der Waals surface area contributed by atoms with Crippen molar-refractivity contribution in [3.63, 3.8) is 0 Å². The summed E-state index contributed by atoms with van der Waals surface area (Å²) in [5, 5.41) is 11.2. The minimum atomic E-state index is -1.00. The zero-order chi connectivity index (χ0) is 38.8. The molecule has 1 unspecified atom stereocenters. The van der Waals surface area contributed by atoms with E-state index in [4.69, 9.17) is 15.6 Å². The fourth-order valence-electron chi connectivity index (χ4n) is 7.69. The Balaban J connectivity index is 0.837. The number of nitrogens with one attached hydrogen (secondary N) is 2. The molecular weight excluding hydrogens is 715 g/mol. The SMILES string of the molecule is Nc1ncnc2c1c(-c1ccc(Oc3ccccc3)cc1)nn2[C@@H]1CCCN(C(=O)CCCCCNc2ccc3c(c2)C(=O)N(C2CCC(=O)NC2=O)C3=O)C1. The molecule has 15 nitrogen and oxygen atoms in total. The van der Waals surface area contributed by atoms with Crippen molar-refractivity contribution in [1.29, 1.82) is 0 Å². The van der Waals surface area contributed by atoms with Crippen molar-refractivity contribution >= 4 is 52.1 Å². The minimum absolute atomic E-state index is 0.0689. The van der Waals surface area contributed by atoms with Crippen LogP contribution in [-0.2, 0) is 14.4 Å². The minimum Gasteiger partial charge on any atom is -0.457 e. The Morgan fingerprint density at radius 2 is 1.68 bits per heavy atom. The molecular formula is C41H41N9O6. The number of benzene rings is 3. The molecule has 0 bridgehead atoms. The molecule has 0 aliphatic carbocycles. The number of nitrogens with two attached hydrogens (primary N) is 1. The van der Waals surface area contributed by atoms with Gasteiger partial charge in [0, 0.05) is 43.7 Å². The van der Waals surface area contributed by atoms with Gasteiger partial charge >= 0.3 is 0 Å². The number of anilines is 2. The zero-order valence-corrected chi connectivity index (χ0v) is 30.6. The van der Waals surface area contributed by atoms with Gasteiger partial charge in [-0.15, -0.1) is 0 Å². The molecule has 286 valence electrons. The van der Waals surface area contributed by atoms with E-state index in [9.17, 15) is 24.0 Å². The number of likely N-dealkylation sites (tertiary alicyclic amines) is 1. The van der Waals surface area contributed by atoms with Crippen LogP contribution in [0.1, 0.15) is 78.1 Å². The molecule has 56 heavy (non-hydrogen) atoms. The highest BCUT2D eigenvalue weighted by Crippen LogP contribution is 2.35. The number of piperidine rings is 2. The Morgan fingerprint density at radius 3 is 2.48 bits per heavy atom. The van der Waals surface area contributed by atoms with Gasteiger partial charge in [-0.25, -0.2) is 14.6 Å². The van der Waals surface area contributed by atoms with E-state index < -0.39 is 29.7 Å². The third-order valence-electron chi connectivity index (χ3n) is 10.6. The Hall–Kier alpha value is -6.64. The smallest absolute Gasteiger partial charge is 0.262 e. The maximum Gasteiger partial charge on any atom is 0.262 e. The molecule has 0 saturated carbocycles. The van der Waals surface area contributed by atoms with E-state index in [0.717, 1.165) is 48.3 Å². The summed E-state index contributed by atoms with van der Waals surface area (Å²) in [5.41, 5.74) is 9.70. The van der Waals surface area contributed by atoms with E-state index in [1.807, 2.05) is 64.2 Å². The van der Waals surface area contributed by atoms with Crippen molar-refractivity contribution in [3.8, 4) is 22.8 Å². The number of rotatable bonds is 12. The summed E-state index contributed by atoms with van der Waals surface area (Å²) in [4.78, 5) is 75.1. The van der Waals surface area contributed by atoms with Crippen LogP contribution in [0.4, 0.5) is 11.5 Å². The second-order valence-corrected chi connectivity index (χ2v) is 14.3. The lowest BCUT2D eigenvalue weighted by molar-refractivity contribution is -0.136. The second-order valence-electron chi connectivity index (χ2n) is 14.3.